The van der Waals surface area contributed by atoms with E-state index in [9.17, 15) is 9.59 Å². The van der Waals surface area contributed by atoms with Gasteiger partial charge in [0.25, 0.3) is 11.8 Å². The van der Waals surface area contributed by atoms with Gasteiger partial charge >= 0.3 is 0 Å². The maximum Gasteiger partial charge on any atom is 0.270 e. The molecule has 0 radical (unpaired) electrons. The van der Waals surface area contributed by atoms with Gasteiger partial charge in [0.05, 0.1) is 17.7 Å². The summed E-state index contributed by atoms with van der Waals surface area (Å²) in [5.41, 5.74) is 1.51. The third kappa shape index (κ3) is 5.26. The highest BCUT2D eigenvalue weighted by Crippen LogP contribution is 2.52. The second-order valence-corrected chi connectivity index (χ2v) is 11.4. The Labute approximate surface area is 211 Å². The summed E-state index contributed by atoms with van der Waals surface area (Å²) in [4.78, 5) is 28.9. The lowest BCUT2D eigenvalue weighted by molar-refractivity contribution is -0.128. The molecule has 1 aliphatic heterocycles. The molecule has 2 fully saturated rings. The molecule has 2 atom stereocenters. The van der Waals surface area contributed by atoms with Gasteiger partial charge in [-0.15, -0.1) is 0 Å². The molecule has 5 nitrogen and oxygen atoms in total. The number of nitrogens with one attached hydrogen (secondary N) is 1. The maximum atomic E-state index is 13.8. The van der Waals surface area contributed by atoms with E-state index in [1.807, 2.05) is 29.2 Å². The summed E-state index contributed by atoms with van der Waals surface area (Å²) in [7, 11) is 1.60. The standard InChI is InChI=1S/C27H30Cl2N2O3/c1-26(2)13-19-14-27(3,15-26)16-31(19)25(33)23(11-17-5-8-20(34-4)9-6-17)30-24(32)21-10-7-18(28)12-22(21)29/h5-12,19H,13-16H2,1-4H3,(H,30,32)/b23-11+/t19-,27+/m1/s1. The van der Waals surface area contributed by atoms with Gasteiger partial charge < -0.3 is 15.0 Å². The molecule has 1 saturated carbocycles. The van der Waals surface area contributed by atoms with E-state index in [0.29, 0.717) is 17.3 Å². The summed E-state index contributed by atoms with van der Waals surface area (Å²) in [6, 6.07) is 12.2. The van der Waals surface area contributed by atoms with Crippen molar-refractivity contribution in [2.24, 2.45) is 10.8 Å². The molecule has 2 bridgehead atoms. The number of nitrogens with zero attached hydrogens (tertiary/aromatic N) is 1. The summed E-state index contributed by atoms with van der Waals surface area (Å²) < 4.78 is 5.23. The van der Waals surface area contributed by atoms with E-state index in [-0.39, 0.29) is 39.1 Å². The number of carbonyl (C=O) groups excluding carboxylic acids is 2. The largest absolute Gasteiger partial charge is 0.497 e. The normalized spacial score (nSPS) is 23.5. The Morgan fingerprint density at radius 3 is 2.44 bits per heavy atom. The molecule has 7 heteroatoms. The van der Waals surface area contributed by atoms with Crippen LogP contribution in [-0.2, 0) is 4.79 Å². The lowest BCUT2D eigenvalue weighted by Crippen LogP contribution is -2.42. The first kappa shape index (κ1) is 24.6. The number of amides is 2. The number of carbonyl (C=O) groups is 2. The van der Waals surface area contributed by atoms with Crippen LogP contribution in [0.1, 0.15) is 56.0 Å². The van der Waals surface area contributed by atoms with Crippen LogP contribution in [0, 0.1) is 10.8 Å². The van der Waals surface area contributed by atoms with Crippen molar-refractivity contribution < 1.29 is 14.3 Å². The zero-order valence-corrected chi connectivity index (χ0v) is 21.5. The highest BCUT2D eigenvalue weighted by atomic mass is 35.5. The number of hydrogen-bond acceptors (Lipinski definition) is 3. The first-order chi connectivity index (χ1) is 16.0. The van der Waals surface area contributed by atoms with Crippen molar-refractivity contribution in [2.75, 3.05) is 13.7 Å². The van der Waals surface area contributed by atoms with Gasteiger partial charge in [-0.3, -0.25) is 9.59 Å². The number of methoxy groups -OCH3 is 1. The second-order valence-electron chi connectivity index (χ2n) is 10.6. The minimum absolute atomic E-state index is 0.0802. The van der Waals surface area contributed by atoms with Gasteiger partial charge in [-0.05, 0) is 72.1 Å². The SMILES string of the molecule is COc1ccc(/C=C(/NC(=O)c2ccc(Cl)cc2Cl)C(=O)N2C[C@@]3(C)C[C@H]2CC(C)(C)C3)cc1. The fourth-order valence-corrected chi connectivity index (χ4v) is 6.23. The first-order valence-corrected chi connectivity index (χ1v) is 12.2. The molecule has 2 aromatic carbocycles. The molecule has 2 amide bonds. The van der Waals surface area contributed by atoms with Gasteiger partial charge in [0, 0.05) is 17.6 Å². The molecular formula is C27H30Cl2N2O3. The van der Waals surface area contributed by atoms with Crippen LogP contribution in [0.4, 0.5) is 0 Å². The third-order valence-electron chi connectivity index (χ3n) is 6.76. The molecule has 4 rings (SSSR count). The zero-order valence-electron chi connectivity index (χ0n) is 20.0. The number of fused-ring (bicyclic) bond motifs is 2. The topological polar surface area (TPSA) is 58.6 Å². The summed E-state index contributed by atoms with van der Waals surface area (Å²) >= 11 is 12.2. The molecular weight excluding hydrogens is 471 g/mol. The average molecular weight is 501 g/mol. The van der Waals surface area contributed by atoms with Gasteiger partial charge in [-0.25, -0.2) is 0 Å². The number of halogens is 2. The van der Waals surface area contributed by atoms with Gasteiger partial charge in [-0.1, -0.05) is 56.1 Å². The number of rotatable bonds is 5. The zero-order chi connectivity index (χ0) is 24.7. The molecule has 1 heterocycles. The Balaban J connectivity index is 1.66. The highest BCUT2D eigenvalue weighted by Gasteiger charge is 2.51. The molecule has 0 aromatic heterocycles. The van der Waals surface area contributed by atoms with Crippen molar-refractivity contribution in [1.29, 1.82) is 0 Å². The Morgan fingerprint density at radius 2 is 1.79 bits per heavy atom. The Kier molecular flexibility index (Phi) is 6.71. The fraction of sp³-hybridized carbons (Fsp3) is 0.407. The molecule has 1 aliphatic carbocycles. The molecule has 2 aliphatic rings. The minimum atomic E-state index is -0.455. The van der Waals surface area contributed by atoms with Gasteiger partial charge in [0.2, 0.25) is 0 Å². The van der Waals surface area contributed by atoms with Crippen LogP contribution in [0.3, 0.4) is 0 Å². The fourth-order valence-electron chi connectivity index (χ4n) is 5.73. The van der Waals surface area contributed by atoms with Crippen LogP contribution in [0.5, 0.6) is 5.75 Å². The monoisotopic (exact) mass is 500 g/mol. The minimum Gasteiger partial charge on any atom is -0.497 e. The van der Waals surface area contributed by atoms with Crippen molar-refractivity contribution in [3.8, 4) is 5.75 Å². The van der Waals surface area contributed by atoms with Gasteiger partial charge in [-0.2, -0.15) is 0 Å². The quantitative estimate of drug-likeness (QED) is 0.497. The predicted molar refractivity (Wildman–Crippen MR) is 136 cm³/mol. The van der Waals surface area contributed by atoms with Crippen LogP contribution < -0.4 is 10.1 Å². The Bertz CT molecular complexity index is 1140. The van der Waals surface area contributed by atoms with Crippen LogP contribution in [0.25, 0.3) is 6.08 Å². The molecule has 1 N–H and O–H groups in total. The molecule has 0 unspecified atom stereocenters. The molecule has 1 saturated heterocycles. The lowest BCUT2D eigenvalue weighted by Gasteiger charge is -2.39. The summed E-state index contributed by atoms with van der Waals surface area (Å²) in [6.07, 6.45) is 4.71. The summed E-state index contributed by atoms with van der Waals surface area (Å²) in [5.74, 6) is 0.0784. The van der Waals surface area contributed by atoms with E-state index in [1.54, 1.807) is 25.3 Å². The Hall–Kier alpha value is -2.50. The summed E-state index contributed by atoms with van der Waals surface area (Å²) in [6.45, 7) is 7.47. The molecule has 34 heavy (non-hydrogen) atoms. The van der Waals surface area contributed by atoms with E-state index in [2.05, 4.69) is 26.1 Å². The van der Waals surface area contributed by atoms with Crippen molar-refractivity contribution in [1.82, 2.24) is 10.2 Å². The molecule has 0 spiro atoms. The first-order valence-electron chi connectivity index (χ1n) is 11.4. The number of hydrogen-bond donors (Lipinski definition) is 1. The molecule has 2 aromatic rings. The van der Waals surface area contributed by atoms with E-state index in [1.165, 1.54) is 6.07 Å². The maximum absolute atomic E-state index is 13.8. The lowest BCUT2D eigenvalue weighted by atomic mass is 9.65. The van der Waals surface area contributed by atoms with Crippen LogP contribution in [0.15, 0.2) is 48.2 Å². The third-order valence-corrected chi connectivity index (χ3v) is 7.30. The number of ether oxygens (including phenoxy) is 1. The smallest absolute Gasteiger partial charge is 0.270 e. The number of benzene rings is 2. The second kappa shape index (κ2) is 9.27. The summed E-state index contributed by atoms with van der Waals surface area (Å²) in [5, 5.41) is 3.50. The molecule has 180 valence electrons. The van der Waals surface area contributed by atoms with Crippen LogP contribution in [-0.4, -0.2) is 36.4 Å². The van der Waals surface area contributed by atoms with E-state index >= 15 is 0 Å². The van der Waals surface area contributed by atoms with E-state index in [4.69, 9.17) is 27.9 Å². The Morgan fingerprint density at radius 1 is 1.09 bits per heavy atom. The van der Waals surface area contributed by atoms with E-state index < -0.39 is 5.91 Å². The van der Waals surface area contributed by atoms with Crippen molar-refractivity contribution in [3.63, 3.8) is 0 Å². The van der Waals surface area contributed by atoms with Gasteiger partial charge in [0.15, 0.2) is 0 Å². The predicted octanol–water partition coefficient (Wildman–Crippen LogP) is 6.20. The van der Waals surface area contributed by atoms with E-state index in [0.717, 1.165) is 24.8 Å². The average Bonchev–Trinajstić information content (AvgIpc) is 3.01. The van der Waals surface area contributed by atoms with Crippen molar-refractivity contribution >= 4 is 41.1 Å². The van der Waals surface area contributed by atoms with Crippen LogP contribution in [0.2, 0.25) is 10.0 Å². The van der Waals surface area contributed by atoms with Crippen LogP contribution >= 0.6 is 23.2 Å². The highest BCUT2D eigenvalue weighted by molar-refractivity contribution is 6.36. The van der Waals surface area contributed by atoms with Crippen molar-refractivity contribution in [3.05, 3.63) is 69.3 Å². The van der Waals surface area contributed by atoms with Gasteiger partial charge in [0.1, 0.15) is 11.4 Å². The number of likely N-dealkylation sites (tertiary alicyclic amines) is 1. The van der Waals surface area contributed by atoms with Crippen molar-refractivity contribution in [2.45, 2.75) is 46.1 Å².